The first-order valence-corrected chi connectivity index (χ1v) is 10.3. The van der Waals surface area contributed by atoms with Crippen molar-refractivity contribution in [1.82, 2.24) is 4.98 Å². The predicted octanol–water partition coefficient (Wildman–Crippen LogP) is 5.92. The number of nitrogens with two attached hydrogens (primary N) is 1. The summed E-state index contributed by atoms with van der Waals surface area (Å²) in [7, 11) is 0. The van der Waals surface area contributed by atoms with Gasteiger partial charge < -0.3 is 15.6 Å². The number of nitrogens with zero attached hydrogens (tertiary/aromatic N) is 1. The SMILES string of the molecule is CCN(CC)c1ccc(-c2[nH]c3c(C)cc(Cl)cc3c2CCCCN)cc1. The van der Waals surface area contributed by atoms with E-state index in [4.69, 9.17) is 17.3 Å². The molecule has 0 bridgehead atoms. The Balaban J connectivity index is 2.06. The number of hydrogen-bond acceptors (Lipinski definition) is 2. The summed E-state index contributed by atoms with van der Waals surface area (Å²) in [5, 5.41) is 2.03. The molecule has 27 heavy (non-hydrogen) atoms. The zero-order chi connectivity index (χ0) is 19.4. The highest BCUT2D eigenvalue weighted by molar-refractivity contribution is 6.31. The van der Waals surface area contributed by atoms with Crippen molar-refractivity contribution in [3.05, 3.63) is 52.5 Å². The smallest absolute Gasteiger partial charge is 0.0497 e. The van der Waals surface area contributed by atoms with Crippen molar-refractivity contribution in [2.75, 3.05) is 24.5 Å². The summed E-state index contributed by atoms with van der Waals surface area (Å²) in [6.07, 6.45) is 3.12. The number of nitrogens with one attached hydrogen (secondary N) is 1. The van der Waals surface area contributed by atoms with E-state index in [1.807, 2.05) is 6.07 Å². The van der Waals surface area contributed by atoms with E-state index in [1.165, 1.54) is 39.0 Å². The van der Waals surface area contributed by atoms with Gasteiger partial charge in [-0.2, -0.15) is 0 Å². The number of rotatable bonds is 8. The lowest BCUT2D eigenvalue weighted by atomic mass is 9.99. The minimum Gasteiger partial charge on any atom is -0.372 e. The molecule has 0 unspecified atom stereocenters. The Hall–Kier alpha value is -1.97. The fraction of sp³-hybridized carbons (Fsp3) is 0.391. The number of halogens is 1. The lowest BCUT2D eigenvalue weighted by Gasteiger charge is -2.21. The van der Waals surface area contributed by atoms with Gasteiger partial charge in [0, 0.05) is 40.4 Å². The molecule has 0 saturated heterocycles. The Morgan fingerprint density at radius 2 is 1.74 bits per heavy atom. The Bertz CT molecular complexity index is 892. The van der Waals surface area contributed by atoms with Gasteiger partial charge in [0.1, 0.15) is 0 Å². The van der Waals surface area contributed by atoms with Crippen LogP contribution in [0.3, 0.4) is 0 Å². The molecular weight excluding hydrogens is 354 g/mol. The van der Waals surface area contributed by atoms with Gasteiger partial charge in [-0.15, -0.1) is 0 Å². The van der Waals surface area contributed by atoms with Crippen LogP contribution in [-0.2, 0) is 6.42 Å². The fourth-order valence-electron chi connectivity index (χ4n) is 3.86. The van der Waals surface area contributed by atoms with Crippen molar-refractivity contribution in [2.45, 2.75) is 40.0 Å². The molecule has 3 nitrogen and oxygen atoms in total. The average Bonchev–Trinajstić information content (AvgIpc) is 3.02. The van der Waals surface area contributed by atoms with Gasteiger partial charge >= 0.3 is 0 Å². The monoisotopic (exact) mass is 383 g/mol. The normalized spacial score (nSPS) is 11.3. The van der Waals surface area contributed by atoms with Crippen molar-refractivity contribution in [3.63, 3.8) is 0 Å². The Morgan fingerprint density at radius 1 is 1.04 bits per heavy atom. The predicted molar refractivity (Wildman–Crippen MR) is 119 cm³/mol. The van der Waals surface area contributed by atoms with Gasteiger partial charge in [-0.05, 0) is 87.5 Å². The van der Waals surface area contributed by atoms with Crippen LogP contribution < -0.4 is 10.6 Å². The van der Waals surface area contributed by atoms with E-state index in [0.29, 0.717) is 0 Å². The number of benzene rings is 2. The van der Waals surface area contributed by atoms with Gasteiger partial charge in [-0.25, -0.2) is 0 Å². The molecule has 144 valence electrons. The summed E-state index contributed by atoms with van der Waals surface area (Å²) in [5.74, 6) is 0. The van der Waals surface area contributed by atoms with E-state index < -0.39 is 0 Å². The number of aryl methyl sites for hydroxylation is 2. The van der Waals surface area contributed by atoms with E-state index >= 15 is 0 Å². The zero-order valence-electron chi connectivity index (χ0n) is 16.6. The second-order valence-electron chi connectivity index (χ2n) is 7.09. The molecule has 0 aliphatic heterocycles. The van der Waals surface area contributed by atoms with E-state index in [0.717, 1.165) is 43.9 Å². The Kier molecular flexibility index (Phi) is 6.46. The zero-order valence-corrected chi connectivity index (χ0v) is 17.4. The molecule has 2 aromatic carbocycles. The van der Waals surface area contributed by atoms with Gasteiger partial charge in [0.15, 0.2) is 0 Å². The van der Waals surface area contributed by atoms with Gasteiger partial charge in [-0.3, -0.25) is 0 Å². The molecule has 0 aliphatic rings. The standard InChI is InChI=1S/C23H30ClN3/c1-4-27(5-2)19-11-9-17(10-12-19)23-20(8-6-7-13-25)21-15-18(24)14-16(3)22(21)26-23/h9-12,14-15,26H,4-8,13,25H2,1-3H3. The van der Waals surface area contributed by atoms with Crippen LogP contribution in [0.15, 0.2) is 36.4 Å². The number of aromatic nitrogens is 1. The molecule has 0 fully saturated rings. The minimum absolute atomic E-state index is 0.732. The van der Waals surface area contributed by atoms with Crippen molar-refractivity contribution < 1.29 is 0 Å². The van der Waals surface area contributed by atoms with Crippen LogP contribution in [0.4, 0.5) is 5.69 Å². The van der Waals surface area contributed by atoms with Crippen LogP contribution in [0.2, 0.25) is 5.02 Å². The third kappa shape index (κ3) is 4.15. The molecule has 0 atom stereocenters. The Morgan fingerprint density at radius 3 is 2.37 bits per heavy atom. The van der Waals surface area contributed by atoms with E-state index in [9.17, 15) is 0 Å². The largest absolute Gasteiger partial charge is 0.372 e. The molecular formula is C23H30ClN3. The summed E-state index contributed by atoms with van der Waals surface area (Å²) in [6, 6.07) is 13.0. The van der Waals surface area contributed by atoms with Gasteiger partial charge in [0.2, 0.25) is 0 Å². The summed E-state index contributed by atoms with van der Waals surface area (Å²) >= 11 is 6.36. The maximum absolute atomic E-state index is 6.36. The van der Waals surface area contributed by atoms with E-state index in [2.05, 4.69) is 61.0 Å². The first-order valence-electron chi connectivity index (χ1n) is 9.95. The lowest BCUT2D eigenvalue weighted by molar-refractivity contribution is 0.748. The molecule has 3 rings (SSSR count). The average molecular weight is 384 g/mol. The summed E-state index contributed by atoms with van der Waals surface area (Å²) in [4.78, 5) is 6.04. The number of anilines is 1. The fourth-order valence-corrected chi connectivity index (χ4v) is 4.13. The molecule has 3 N–H and O–H groups in total. The van der Waals surface area contributed by atoms with Gasteiger partial charge in [-0.1, -0.05) is 23.7 Å². The molecule has 4 heteroatoms. The molecule has 1 heterocycles. The third-order valence-electron chi connectivity index (χ3n) is 5.34. The number of aromatic amines is 1. The van der Waals surface area contributed by atoms with Crippen LogP contribution in [0.5, 0.6) is 0 Å². The van der Waals surface area contributed by atoms with Crippen LogP contribution in [-0.4, -0.2) is 24.6 Å². The van der Waals surface area contributed by atoms with Crippen molar-refractivity contribution in [1.29, 1.82) is 0 Å². The third-order valence-corrected chi connectivity index (χ3v) is 5.56. The Labute approximate surface area is 167 Å². The second kappa shape index (κ2) is 8.81. The van der Waals surface area contributed by atoms with E-state index in [1.54, 1.807) is 0 Å². The van der Waals surface area contributed by atoms with Crippen LogP contribution in [0.25, 0.3) is 22.2 Å². The van der Waals surface area contributed by atoms with Crippen molar-refractivity contribution in [3.8, 4) is 11.3 Å². The highest BCUT2D eigenvalue weighted by Gasteiger charge is 2.15. The first-order chi connectivity index (χ1) is 13.1. The van der Waals surface area contributed by atoms with Crippen molar-refractivity contribution in [2.24, 2.45) is 5.73 Å². The maximum Gasteiger partial charge on any atom is 0.0497 e. The molecule has 0 spiro atoms. The van der Waals surface area contributed by atoms with Crippen LogP contribution in [0, 0.1) is 6.92 Å². The summed E-state index contributed by atoms with van der Waals surface area (Å²) in [6.45, 7) is 9.26. The van der Waals surface area contributed by atoms with Gasteiger partial charge in [0.25, 0.3) is 0 Å². The second-order valence-corrected chi connectivity index (χ2v) is 7.53. The summed E-state index contributed by atoms with van der Waals surface area (Å²) in [5.41, 5.74) is 13.1. The van der Waals surface area contributed by atoms with Crippen molar-refractivity contribution >= 4 is 28.2 Å². The number of fused-ring (bicyclic) bond motifs is 1. The first kappa shape index (κ1) is 19.8. The molecule has 0 radical (unpaired) electrons. The highest BCUT2D eigenvalue weighted by atomic mass is 35.5. The number of unbranched alkanes of at least 4 members (excludes halogenated alkanes) is 1. The molecule has 3 aromatic rings. The molecule has 0 amide bonds. The molecule has 0 saturated carbocycles. The number of H-pyrrole nitrogens is 1. The molecule has 0 aliphatic carbocycles. The summed E-state index contributed by atoms with van der Waals surface area (Å²) < 4.78 is 0. The number of hydrogen-bond donors (Lipinski definition) is 2. The van der Waals surface area contributed by atoms with Crippen LogP contribution >= 0.6 is 11.6 Å². The minimum atomic E-state index is 0.732. The lowest BCUT2D eigenvalue weighted by Crippen LogP contribution is -2.21. The van der Waals surface area contributed by atoms with E-state index in [-0.39, 0.29) is 0 Å². The maximum atomic E-state index is 6.36. The topological polar surface area (TPSA) is 45.0 Å². The van der Waals surface area contributed by atoms with Crippen LogP contribution in [0.1, 0.15) is 37.8 Å². The highest BCUT2D eigenvalue weighted by Crippen LogP contribution is 2.35. The molecule has 1 aromatic heterocycles. The quantitative estimate of drug-likeness (QED) is 0.474. The van der Waals surface area contributed by atoms with Gasteiger partial charge in [0.05, 0.1) is 0 Å².